The minimum absolute atomic E-state index is 0.115. The average molecular weight is 502 g/mol. The van der Waals surface area contributed by atoms with E-state index in [2.05, 4.69) is 20.8 Å². The van der Waals surface area contributed by atoms with Gasteiger partial charge < -0.3 is 10.0 Å². The Morgan fingerprint density at radius 2 is 1.69 bits per heavy atom. The second-order valence-corrected chi connectivity index (χ2v) is 13.8. The average Bonchev–Trinajstić information content (AvgIpc) is 3.16. The summed E-state index contributed by atoms with van der Waals surface area (Å²) in [5.74, 6) is 4.27. The highest BCUT2D eigenvalue weighted by molar-refractivity contribution is 5.79. The zero-order valence-corrected chi connectivity index (χ0v) is 23.9. The number of carbonyl (C=O) groups excluding carboxylic acids is 2. The van der Waals surface area contributed by atoms with Crippen molar-refractivity contribution in [3.05, 3.63) is 0 Å². The van der Waals surface area contributed by atoms with E-state index in [1.54, 1.807) is 0 Å². The zero-order chi connectivity index (χ0) is 25.9. The SMILES string of the molecule is CCCCN(C)C(=O)CCCCCCC[C@@H]1C[C@H]2CC(=O)CC[C@]2(C)[C@H]2CC[C@]3(C)[C@@H](O)CC[C@H]3[C@H]12. The van der Waals surface area contributed by atoms with Crippen molar-refractivity contribution in [1.82, 2.24) is 4.90 Å². The van der Waals surface area contributed by atoms with Gasteiger partial charge in [0, 0.05) is 32.9 Å². The molecule has 0 heterocycles. The van der Waals surface area contributed by atoms with E-state index >= 15 is 0 Å². The number of aliphatic hydroxyl groups is 1. The third-order valence-corrected chi connectivity index (χ3v) is 11.8. The van der Waals surface area contributed by atoms with Crippen LogP contribution in [0.4, 0.5) is 0 Å². The fraction of sp³-hybridized carbons (Fsp3) is 0.938. The number of carbonyl (C=O) groups is 2. The third kappa shape index (κ3) is 5.59. The molecule has 4 heteroatoms. The second-order valence-electron chi connectivity index (χ2n) is 13.8. The maximum absolute atomic E-state index is 12.4. The first-order valence-corrected chi connectivity index (χ1v) is 15.6. The topological polar surface area (TPSA) is 57.6 Å². The number of rotatable bonds is 11. The number of nitrogens with zero attached hydrogens (tertiary/aromatic N) is 1. The van der Waals surface area contributed by atoms with Crippen molar-refractivity contribution in [2.75, 3.05) is 13.6 Å². The Morgan fingerprint density at radius 1 is 0.972 bits per heavy atom. The summed E-state index contributed by atoms with van der Waals surface area (Å²) in [6.07, 6.45) is 18.6. The molecule has 4 saturated carbocycles. The molecule has 1 N–H and O–H groups in total. The van der Waals surface area contributed by atoms with Gasteiger partial charge in [0.1, 0.15) is 5.78 Å². The summed E-state index contributed by atoms with van der Waals surface area (Å²) in [6, 6.07) is 0. The molecule has 4 aliphatic rings. The first kappa shape index (κ1) is 28.1. The Kier molecular flexibility index (Phi) is 9.27. The van der Waals surface area contributed by atoms with Crippen LogP contribution in [0.5, 0.6) is 0 Å². The molecule has 0 bridgehead atoms. The number of unbranched alkanes of at least 4 members (excludes halogenated alkanes) is 5. The van der Waals surface area contributed by atoms with Crippen molar-refractivity contribution in [2.45, 2.75) is 136 Å². The number of Topliss-reactive ketones (excluding diaryl/α,β-unsaturated/α-hetero) is 1. The normalized spacial score (nSPS) is 39.9. The molecular weight excluding hydrogens is 446 g/mol. The van der Waals surface area contributed by atoms with Crippen LogP contribution in [0.2, 0.25) is 0 Å². The summed E-state index contributed by atoms with van der Waals surface area (Å²) in [5.41, 5.74) is 0.449. The van der Waals surface area contributed by atoms with Crippen LogP contribution >= 0.6 is 0 Å². The van der Waals surface area contributed by atoms with E-state index < -0.39 is 0 Å². The molecule has 1 amide bonds. The van der Waals surface area contributed by atoms with Crippen molar-refractivity contribution in [3.63, 3.8) is 0 Å². The lowest BCUT2D eigenvalue weighted by Gasteiger charge is -2.62. The second kappa shape index (κ2) is 11.9. The lowest BCUT2D eigenvalue weighted by molar-refractivity contribution is -0.156. The highest BCUT2D eigenvalue weighted by Crippen LogP contribution is 2.67. The van der Waals surface area contributed by atoms with Crippen LogP contribution < -0.4 is 0 Å². The summed E-state index contributed by atoms with van der Waals surface area (Å²) < 4.78 is 0. The van der Waals surface area contributed by atoms with Crippen LogP contribution in [0.3, 0.4) is 0 Å². The molecule has 4 nitrogen and oxygen atoms in total. The van der Waals surface area contributed by atoms with Crippen LogP contribution in [0.15, 0.2) is 0 Å². The molecule has 36 heavy (non-hydrogen) atoms. The van der Waals surface area contributed by atoms with E-state index in [1.807, 2.05) is 11.9 Å². The Hall–Kier alpha value is -0.900. The molecule has 0 aromatic rings. The van der Waals surface area contributed by atoms with Crippen LogP contribution in [-0.2, 0) is 9.59 Å². The zero-order valence-electron chi connectivity index (χ0n) is 23.9. The fourth-order valence-corrected chi connectivity index (χ4v) is 9.41. The van der Waals surface area contributed by atoms with Gasteiger partial charge in [-0.15, -0.1) is 0 Å². The molecular formula is C32H55NO3. The van der Waals surface area contributed by atoms with Crippen molar-refractivity contribution >= 4 is 11.7 Å². The van der Waals surface area contributed by atoms with Gasteiger partial charge in [0.05, 0.1) is 6.10 Å². The number of fused-ring (bicyclic) bond motifs is 5. The van der Waals surface area contributed by atoms with Gasteiger partial charge in [0.2, 0.25) is 5.91 Å². The summed E-state index contributed by atoms with van der Waals surface area (Å²) in [5, 5.41) is 10.9. The molecule has 8 atom stereocenters. The summed E-state index contributed by atoms with van der Waals surface area (Å²) in [4.78, 5) is 26.6. The number of ketones is 1. The van der Waals surface area contributed by atoms with Crippen LogP contribution in [-0.4, -0.2) is 41.4 Å². The van der Waals surface area contributed by atoms with E-state index in [9.17, 15) is 14.7 Å². The predicted octanol–water partition coefficient (Wildman–Crippen LogP) is 7.17. The molecule has 0 aromatic carbocycles. The molecule has 0 unspecified atom stereocenters. The van der Waals surface area contributed by atoms with Crippen LogP contribution in [0.25, 0.3) is 0 Å². The molecule has 4 aliphatic carbocycles. The Balaban J connectivity index is 1.30. The van der Waals surface area contributed by atoms with Gasteiger partial charge in [-0.3, -0.25) is 9.59 Å². The largest absolute Gasteiger partial charge is 0.393 e. The molecule has 0 saturated heterocycles. The molecule has 0 aromatic heterocycles. The molecule has 206 valence electrons. The number of amides is 1. The summed E-state index contributed by atoms with van der Waals surface area (Å²) in [6.45, 7) is 7.99. The molecule has 4 rings (SSSR count). The van der Waals surface area contributed by atoms with Gasteiger partial charge in [0.15, 0.2) is 0 Å². The number of hydrogen-bond donors (Lipinski definition) is 1. The number of hydrogen-bond acceptors (Lipinski definition) is 3. The van der Waals surface area contributed by atoms with Gasteiger partial charge >= 0.3 is 0 Å². The van der Waals surface area contributed by atoms with Crippen LogP contribution in [0, 0.1) is 40.4 Å². The fourth-order valence-electron chi connectivity index (χ4n) is 9.41. The maximum Gasteiger partial charge on any atom is 0.222 e. The van der Waals surface area contributed by atoms with E-state index in [4.69, 9.17) is 0 Å². The summed E-state index contributed by atoms with van der Waals surface area (Å²) in [7, 11) is 1.94. The van der Waals surface area contributed by atoms with Crippen molar-refractivity contribution < 1.29 is 14.7 Å². The highest BCUT2D eigenvalue weighted by atomic mass is 16.3. The van der Waals surface area contributed by atoms with Gasteiger partial charge in [-0.1, -0.05) is 59.3 Å². The lowest BCUT2D eigenvalue weighted by Crippen LogP contribution is -2.57. The molecule has 0 radical (unpaired) electrons. The van der Waals surface area contributed by atoms with E-state index in [1.165, 1.54) is 51.4 Å². The maximum atomic E-state index is 12.4. The monoisotopic (exact) mass is 501 g/mol. The molecule has 4 fully saturated rings. The van der Waals surface area contributed by atoms with E-state index in [0.29, 0.717) is 35.4 Å². The molecule has 0 aliphatic heterocycles. The van der Waals surface area contributed by atoms with Crippen molar-refractivity contribution in [3.8, 4) is 0 Å². The van der Waals surface area contributed by atoms with E-state index in [0.717, 1.165) is 75.7 Å². The highest BCUT2D eigenvalue weighted by Gasteiger charge is 2.62. The number of aliphatic hydroxyl groups excluding tert-OH is 1. The van der Waals surface area contributed by atoms with Gasteiger partial charge in [-0.2, -0.15) is 0 Å². The lowest BCUT2D eigenvalue weighted by atomic mass is 9.42. The van der Waals surface area contributed by atoms with Gasteiger partial charge in [0.25, 0.3) is 0 Å². The Labute approximate surface area is 221 Å². The Bertz CT molecular complexity index is 766. The third-order valence-electron chi connectivity index (χ3n) is 11.8. The quantitative estimate of drug-likeness (QED) is 0.305. The standard InChI is InChI=1S/C32H55NO3/c1-5-6-20-33(4)29(36)13-11-9-7-8-10-12-23-21-24-22-25(34)16-18-31(24,2)27-17-19-32(3)26(30(23)27)14-15-28(32)35/h23-24,26-28,30,35H,5-22H2,1-4H3/t23-,24+,26+,27+,28+,30+,31+,32+/m1/s1. The van der Waals surface area contributed by atoms with Crippen molar-refractivity contribution in [1.29, 1.82) is 0 Å². The van der Waals surface area contributed by atoms with E-state index in [-0.39, 0.29) is 11.5 Å². The summed E-state index contributed by atoms with van der Waals surface area (Å²) >= 11 is 0. The smallest absolute Gasteiger partial charge is 0.222 e. The minimum Gasteiger partial charge on any atom is -0.393 e. The first-order valence-electron chi connectivity index (χ1n) is 15.6. The first-order chi connectivity index (χ1) is 17.2. The molecule has 0 spiro atoms. The Morgan fingerprint density at radius 3 is 2.47 bits per heavy atom. The van der Waals surface area contributed by atoms with Gasteiger partial charge in [-0.25, -0.2) is 0 Å². The minimum atomic E-state index is -0.119. The predicted molar refractivity (Wildman–Crippen MR) is 146 cm³/mol. The van der Waals surface area contributed by atoms with Crippen molar-refractivity contribution in [2.24, 2.45) is 40.4 Å². The van der Waals surface area contributed by atoms with Crippen LogP contribution in [0.1, 0.15) is 130 Å². The van der Waals surface area contributed by atoms with Gasteiger partial charge in [-0.05, 0) is 91.8 Å².